The van der Waals surface area contributed by atoms with E-state index in [2.05, 4.69) is 53.6 Å². The van der Waals surface area contributed by atoms with Crippen molar-refractivity contribution in [1.29, 1.82) is 0 Å². The van der Waals surface area contributed by atoms with Crippen molar-refractivity contribution in [1.82, 2.24) is 0 Å². The number of aliphatic imine (C=N–C) groups is 1. The second-order valence-electron chi connectivity index (χ2n) is 4.44. The molecule has 2 unspecified atom stereocenters. The van der Waals surface area contributed by atoms with Gasteiger partial charge >= 0.3 is 0 Å². The number of fused-ring (bicyclic) bond motifs is 2. The van der Waals surface area contributed by atoms with Gasteiger partial charge in [0.1, 0.15) is 0 Å². The first-order chi connectivity index (χ1) is 7.93. The van der Waals surface area contributed by atoms with E-state index in [9.17, 15) is 0 Å². The molecule has 0 aromatic heterocycles. The Balaban J connectivity index is 1.97. The van der Waals surface area contributed by atoms with Crippen molar-refractivity contribution in [3.05, 3.63) is 59.7 Å². The minimum absolute atomic E-state index is 0.346. The van der Waals surface area contributed by atoms with E-state index in [-0.39, 0.29) is 0 Å². The zero-order valence-electron chi connectivity index (χ0n) is 9.21. The highest BCUT2D eigenvalue weighted by Crippen LogP contribution is 2.24. The van der Waals surface area contributed by atoms with Gasteiger partial charge in [0.25, 0.3) is 0 Å². The van der Waals surface area contributed by atoms with Crippen molar-refractivity contribution < 1.29 is 0 Å². The van der Waals surface area contributed by atoms with Gasteiger partial charge in [-0.15, -0.1) is 0 Å². The molecule has 0 amide bonds. The lowest BCUT2D eigenvalue weighted by Gasteiger charge is -2.23. The third kappa shape index (κ3) is 1.73. The number of nitrogens with zero attached hydrogens (tertiary/aromatic N) is 1. The molecular formula is C15H15N. The van der Waals surface area contributed by atoms with Gasteiger partial charge in [0.05, 0.1) is 6.04 Å². The van der Waals surface area contributed by atoms with Gasteiger partial charge in [-0.25, -0.2) is 0 Å². The Morgan fingerprint density at radius 3 is 2.94 bits per heavy atom. The van der Waals surface area contributed by atoms with Crippen molar-refractivity contribution in [3.8, 4) is 0 Å². The molecule has 1 aromatic rings. The zero-order chi connectivity index (χ0) is 10.8. The largest absolute Gasteiger partial charge is 0.284 e. The third-order valence-electron chi connectivity index (χ3n) is 3.40. The van der Waals surface area contributed by atoms with E-state index in [0.29, 0.717) is 12.0 Å². The molecule has 0 spiro atoms. The summed E-state index contributed by atoms with van der Waals surface area (Å²) in [5.41, 5.74) is 2.71. The molecule has 3 rings (SSSR count). The smallest absolute Gasteiger partial charge is 0.0745 e. The maximum Gasteiger partial charge on any atom is 0.0745 e. The Kier molecular flexibility index (Phi) is 2.45. The predicted octanol–water partition coefficient (Wildman–Crippen LogP) is 3.16. The lowest BCUT2D eigenvalue weighted by molar-refractivity contribution is 0.527. The van der Waals surface area contributed by atoms with E-state index in [1.807, 2.05) is 6.21 Å². The van der Waals surface area contributed by atoms with Crippen molar-refractivity contribution in [2.75, 3.05) is 0 Å². The fourth-order valence-electron chi connectivity index (χ4n) is 2.44. The van der Waals surface area contributed by atoms with Crippen molar-refractivity contribution >= 4 is 6.21 Å². The monoisotopic (exact) mass is 209 g/mol. The summed E-state index contributed by atoms with van der Waals surface area (Å²) in [5, 5.41) is 0. The molecule has 1 aliphatic carbocycles. The highest BCUT2D eigenvalue weighted by atomic mass is 14.8. The predicted molar refractivity (Wildman–Crippen MR) is 67.9 cm³/mol. The van der Waals surface area contributed by atoms with E-state index in [4.69, 9.17) is 0 Å². The van der Waals surface area contributed by atoms with Crippen LogP contribution in [0.1, 0.15) is 17.5 Å². The molecule has 2 aliphatic rings. The molecule has 1 heterocycles. The molecule has 80 valence electrons. The molecule has 1 aromatic carbocycles. The number of allylic oxidation sites excluding steroid dienone is 2. The van der Waals surface area contributed by atoms with Gasteiger partial charge in [0.2, 0.25) is 0 Å². The van der Waals surface area contributed by atoms with Crippen molar-refractivity contribution in [3.63, 3.8) is 0 Å². The highest BCUT2D eigenvalue weighted by molar-refractivity contribution is 5.82. The lowest BCUT2D eigenvalue weighted by Crippen LogP contribution is -2.19. The molecule has 0 saturated heterocycles. The molecular weight excluding hydrogens is 194 g/mol. The number of rotatable bonds is 0. The summed E-state index contributed by atoms with van der Waals surface area (Å²) >= 11 is 0. The van der Waals surface area contributed by atoms with Crippen LogP contribution in [0, 0.1) is 5.92 Å². The standard InChI is InChI=1S/C15H15N/c1-2-7-14-11-16-15-8-4-3-6-13(15)10-9-12(14)5-1/h1-8,11,13,15H,9-10H2. The van der Waals surface area contributed by atoms with E-state index in [0.717, 1.165) is 6.42 Å². The summed E-state index contributed by atoms with van der Waals surface area (Å²) in [6, 6.07) is 8.91. The Morgan fingerprint density at radius 1 is 1.06 bits per heavy atom. The summed E-state index contributed by atoms with van der Waals surface area (Å²) < 4.78 is 0. The van der Waals surface area contributed by atoms with Gasteiger partial charge in [-0.05, 0) is 24.0 Å². The second-order valence-corrected chi connectivity index (χ2v) is 4.44. The van der Waals surface area contributed by atoms with Gasteiger partial charge in [0, 0.05) is 12.1 Å². The second kappa shape index (κ2) is 4.09. The number of hydrogen-bond acceptors (Lipinski definition) is 1. The summed E-state index contributed by atoms with van der Waals surface area (Å²) in [7, 11) is 0. The minimum Gasteiger partial charge on any atom is -0.284 e. The molecule has 0 radical (unpaired) electrons. The normalized spacial score (nSPS) is 26.8. The van der Waals surface area contributed by atoms with Crippen LogP contribution in [0.2, 0.25) is 0 Å². The molecule has 16 heavy (non-hydrogen) atoms. The van der Waals surface area contributed by atoms with Crippen LogP contribution in [0.3, 0.4) is 0 Å². The summed E-state index contributed by atoms with van der Waals surface area (Å²) in [6.45, 7) is 0. The Hall–Kier alpha value is -1.63. The van der Waals surface area contributed by atoms with Crippen LogP contribution in [0.25, 0.3) is 0 Å². The maximum absolute atomic E-state index is 4.68. The van der Waals surface area contributed by atoms with Gasteiger partial charge < -0.3 is 0 Å². The topological polar surface area (TPSA) is 12.4 Å². The molecule has 1 aliphatic heterocycles. The first kappa shape index (κ1) is 9.59. The molecule has 0 N–H and O–H groups in total. The Morgan fingerprint density at radius 2 is 1.94 bits per heavy atom. The van der Waals surface area contributed by atoms with E-state index in [1.54, 1.807) is 0 Å². The zero-order valence-corrected chi connectivity index (χ0v) is 9.21. The van der Waals surface area contributed by atoms with Crippen LogP contribution in [-0.4, -0.2) is 12.3 Å². The van der Waals surface area contributed by atoms with Gasteiger partial charge in [0.15, 0.2) is 0 Å². The first-order valence-electron chi connectivity index (χ1n) is 5.89. The van der Waals surface area contributed by atoms with Crippen LogP contribution in [0.4, 0.5) is 0 Å². The van der Waals surface area contributed by atoms with Gasteiger partial charge in [-0.3, -0.25) is 4.99 Å². The SMILES string of the molecule is C1=CC2CCc3ccccc3C=NC2C=C1. The third-order valence-corrected chi connectivity index (χ3v) is 3.40. The van der Waals surface area contributed by atoms with Crippen molar-refractivity contribution in [2.45, 2.75) is 18.9 Å². The lowest BCUT2D eigenvalue weighted by atomic mass is 9.87. The molecule has 0 saturated carbocycles. The van der Waals surface area contributed by atoms with E-state index >= 15 is 0 Å². The fraction of sp³-hybridized carbons (Fsp3) is 0.267. The number of hydrogen-bond donors (Lipinski definition) is 0. The quantitative estimate of drug-likeness (QED) is 0.622. The number of aryl methyl sites for hydroxylation is 1. The van der Waals surface area contributed by atoms with Crippen molar-refractivity contribution in [2.24, 2.45) is 10.9 Å². The summed E-state index contributed by atoms with van der Waals surface area (Å²) in [5.74, 6) is 0.578. The molecule has 0 bridgehead atoms. The van der Waals surface area contributed by atoms with Crippen LogP contribution >= 0.6 is 0 Å². The van der Waals surface area contributed by atoms with Crippen LogP contribution in [0.5, 0.6) is 0 Å². The van der Waals surface area contributed by atoms with Crippen LogP contribution in [0.15, 0.2) is 53.6 Å². The average Bonchev–Trinajstić information content (AvgIpc) is 2.32. The molecule has 1 heteroatoms. The highest BCUT2D eigenvalue weighted by Gasteiger charge is 2.19. The van der Waals surface area contributed by atoms with Gasteiger partial charge in [-0.1, -0.05) is 48.6 Å². The molecule has 1 nitrogen and oxygen atoms in total. The maximum atomic E-state index is 4.68. The van der Waals surface area contributed by atoms with Crippen LogP contribution < -0.4 is 0 Å². The Labute approximate surface area is 96.2 Å². The molecule has 2 atom stereocenters. The van der Waals surface area contributed by atoms with E-state index in [1.165, 1.54) is 17.5 Å². The summed E-state index contributed by atoms with van der Waals surface area (Å²) in [6.07, 6.45) is 13.1. The summed E-state index contributed by atoms with van der Waals surface area (Å²) in [4.78, 5) is 4.68. The number of benzene rings is 1. The first-order valence-corrected chi connectivity index (χ1v) is 5.89. The van der Waals surface area contributed by atoms with Crippen LogP contribution in [-0.2, 0) is 6.42 Å². The van der Waals surface area contributed by atoms with E-state index < -0.39 is 0 Å². The minimum atomic E-state index is 0.346. The molecule has 0 fully saturated rings. The Bertz CT molecular complexity index is 468. The fourth-order valence-corrected chi connectivity index (χ4v) is 2.44. The van der Waals surface area contributed by atoms with Gasteiger partial charge in [-0.2, -0.15) is 0 Å². The average molecular weight is 209 g/mol.